The van der Waals surface area contributed by atoms with Gasteiger partial charge in [0.15, 0.2) is 0 Å². The molecule has 0 unspecified atom stereocenters. The molecule has 0 aromatic rings. The molecular formula is C6H10N2O2. The van der Waals surface area contributed by atoms with Crippen LogP contribution in [0.25, 0.3) is 0 Å². The second kappa shape index (κ2) is 2.68. The Bertz CT molecular complexity index is 163. The largest absolute Gasteiger partial charge is 0.351 e. The predicted molar refractivity (Wildman–Crippen MR) is 35.1 cm³/mol. The standard InChI is InChI=1S/C6H10N2O2/c7-6(10)8-5(9)4-2-1-3-4/h4H,1-3H2,(H3,7,8,9,10). The molecule has 10 heavy (non-hydrogen) atoms. The summed E-state index contributed by atoms with van der Waals surface area (Å²) < 4.78 is 0. The van der Waals surface area contributed by atoms with Crippen LogP contribution in [0.5, 0.6) is 0 Å². The molecule has 3 N–H and O–H groups in total. The third kappa shape index (κ3) is 1.46. The zero-order valence-electron chi connectivity index (χ0n) is 5.59. The minimum absolute atomic E-state index is 0.0347. The number of carbonyl (C=O) groups is 2. The van der Waals surface area contributed by atoms with Crippen LogP contribution in [0.15, 0.2) is 0 Å². The lowest BCUT2D eigenvalue weighted by atomic mass is 9.85. The fourth-order valence-corrected chi connectivity index (χ4v) is 0.894. The monoisotopic (exact) mass is 142 g/mol. The van der Waals surface area contributed by atoms with Crippen molar-refractivity contribution in [1.29, 1.82) is 0 Å². The van der Waals surface area contributed by atoms with Gasteiger partial charge < -0.3 is 5.73 Å². The fraction of sp³-hybridized carbons (Fsp3) is 0.667. The van der Waals surface area contributed by atoms with Crippen LogP contribution in [-0.4, -0.2) is 11.9 Å². The lowest BCUT2D eigenvalue weighted by Gasteiger charge is -2.22. The number of nitrogens with two attached hydrogens (primary N) is 1. The van der Waals surface area contributed by atoms with Crippen molar-refractivity contribution in [2.45, 2.75) is 19.3 Å². The summed E-state index contributed by atoms with van der Waals surface area (Å²) in [5.74, 6) is -0.189. The van der Waals surface area contributed by atoms with Crippen molar-refractivity contribution in [3.05, 3.63) is 0 Å². The second-order valence-electron chi connectivity index (χ2n) is 2.48. The first-order valence-corrected chi connectivity index (χ1v) is 3.30. The van der Waals surface area contributed by atoms with E-state index < -0.39 is 6.03 Å². The van der Waals surface area contributed by atoms with Gasteiger partial charge >= 0.3 is 6.03 Å². The van der Waals surface area contributed by atoms with Crippen molar-refractivity contribution in [3.8, 4) is 0 Å². The average molecular weight is 142 g/mol. The van der Waals surface area contributed by atoms with Crippen molar-refractivity contribution in [3.63, 3.8) is 0 Å². The van der Waals surface area contributed by atoms with Crippen LogP contribution in [0.4, 0.5) is 4.79 Å². The fourth-order valence-electron chi connectivity index (χ4n) is 0.894. The minimum Gasteiger partial charge on any atom is -0.351 e. The average Bonchev–Trinajstić information content (AvgIpc) is 1.55. The lowest BCUT2D eigenvalue weighted by molar-refractivity contribution is -0.126. The summed E-state index contributed by atoms with van der Waals surface area (Å²) in [5, 5.41) is 2.04. The highest BCUT2D eigenvalue weighted by atomic mass is 16.2. The third-order valence-electron chi connectivity index (χ3n) is 1.72. The maximum atomic E-state index is 10.8. The number of hydrogen-bond donors (Lipinski definition) is 2. The van der Waals surface area contributed by atoms with E-state index in [2.05, 4.69) is 0 Å². The highest BCUT2D eigenvalue weighted by molar-refractivity contribution is 5.94. The normalized spacial score (nSPS) is 17.6. The molecule has 0 atom stereocenters. The minimum atomic E-state index is -0.753. The molecule has 4 heteroatoms. The Morgan fingerprint density at radius 1 is 1.40 bits per heavy atom. The van der Waals surface area contributed by atoms with E-state index in [1.54, 1.807) is 0 Å². The van der Waals surface area contributed by atoms with Gasteiger partial charge in [-0.05, 0) is 12.8 Å². The number of imide groups is 1. The zero-order chi connectivity index (χ0) is 7.56. The molecule has 0 aromatic heterocycles. The Hall–Kier alpha value is -1.06. The van der Waals surface area contributed by atoms with Gasteiger partial charge in [0.05, 0.1) is 0 Å². The van der Waals surface area contributed by atoms with Crippen LogP contribution in [0.2, 0.25) is 0 Å². The lowest BCUT2D eigenvalue weighted by Crippen LogP contribution is -2.41. The molecule has 0 heterocycles. The van der Waals surface area contributed by atoms with E-state index in [0.717, 1.165) is 19.3 Å². The number of urea groups is 1. The van der Waals surface area contributed by atoms with Gasteiger partial charge in [-0.15, -0.1) is 0 Å². The summed E-state index contributed by atoms with van der Waals surface area (Å²) in [6, 6.07) is -0.753. The van der Waals surface area contributed by atoms with E-state index in [1.165, 1.54) is 0 Å². The zero-order valence-corrected chi connectivity index (χ0v) is 5.59. The number of amides is 3. The maximum absolute atomic E-state index is 10.8. The third-order valence-corrected chi connectivity index (χ3v) is 1.72. The molecule has 0 radical (unpaired) electrons. The molecule has 0 aliphatic heterocycles. The van der Waals surface area contributed by atoms with Crippen LogP contribution in [0.3, 0.4) is 0 Å². The van der Waals surface area contributed by atoms with Gasteiger partial charge in [0, 0.05) is 5.92 Å². The quantitative estimate of drug-likeness (QED) is 0.540. The van der Waals surface area contributed by atoms with Crippen LogP contribution in [0.1, 0.15) is 19.3 Å². The summed E-state index contributed by atoms with van der Waals surface area (Å²) in [6.07, 6.45) is 2.86. The van der Waals surface area contributed by atoms with Gasteiger partial charge in [-0.1, -0.05) is 6.42 Å². The van der Waals surface area contributed by atoms with Gasteiger partial charge in [-0.3, -0.25) is 10.1 Å². The Balaban J connectivity index is 2.27. The number of primary amides is 1. The number of carbonyl (C=O) groups excluding carboxylic acids is 2. The van der Waals surface area contributed by atoms with Gasteiger partial charge in [0.2, 0.25) is 5.91 Å². The second-order valence-corrected chi connectivity index (χ2v) is 2.48. The molecule has 1 fully saturated rings. The topological polar surface area (TPSA) is 72.2 Å². The van der Waals surface area contributed by atoms with E-state index in [4.69, 9.17) is 5.73 Å². The Kier molecular flexibility index (Phi) is 1.89. The first-order chi connectivity index (χ1) is 4.70. The molecule has 1 aliphatic carbocycles. The number of rotatable bonds is 1. The molecule has 0 aromatic carbocycles. The molecule has 1 rings (SSSR count). The summed E-state index contributed by atoms with van der Waals surface area (Å²) >= 11 is 0. The molecule has 56 valence electrons. The highest BCUT2D eigenvalue weighted by Crippen LogP contribution is 2.25. The van der Waals surface area contributed by atoms with Gasteiger partial charge in [0.1, 0.15) is 0 Å². The van der Waals surface area contributed by atoms with Crippen molar-refractivity contribution in [2.24, 2.45) is 11.7 Å². The molecular weight excluding hydrogens is 132 g/mol. The van der Waals surface area contributed by atoms with E-state index >= 15 is 0 Å². The Morgan fingerprint density at radius 2 is 2.00 bits per heavy atom. The smallest absolute Gasteiger partial charge is 0.318 e. The van der Waals surface area contributed by atoms with Crippen molar-refractivity contribution >= 4 is 11.9 Å². The highest BCUT2D eigenvalue weighted by Gasteiger charge is 2.25. The van der Waals surface area contributed by atoms with E-state index in [1.807, 2.05) is 5.32 Å². The maximum Gasteiger partial charge on any atom is 0.318 e. The van der Waals surface area contributed by atoms with Crippen LogP contribution < -0.4 is 11.1 Å². The molecule has 3 amide bonds. The summed E-state index contributed by atoms with van der Waals surface area (Å²) in [5.41, 5.74) is 4.74. The molecule has 0 saturated heterocycles. The van der Waals surface area contributed by atoms with Crippen molar-refractivity contribution < 1.29 is 9.59 Å². The summed E-state index contributed by atoms with van der Waals surface area (Å²) in [6.45, 7) is 0. The molecule has 1 saturated carbocycles. The summed E-state index contributed by atoms with van der Waals surface area (Å²) in [4.78, 5) is 21.0. The van der Waals surface area contributed by atoms with Crippen molar-refractivity contribution in [1.82, 2.24) is 5.32 Å². The Labute approximate surface area is 58.8 Å². The molecule has 0 spiro atoms. The first kappa shape index (κ1) is 7.05. The van der Waals surface area contributed by atoms with E-state index in [0.29, 0.717) is 0 Å². The molecule has 4 nitrogen and oxygen atoms in total. The number of hydrogen-bond acceptors (Lipinski definition) is 2. The van der Waals surface area contributed by atoms with Crippen LogP contribution in [-0.2, 0) is 4.79 Å². The van der Waals surface area contributed by atoms with Crippen molar-refractivity contribution in [2.75, 3.05) is 0 Å². The van der Waals surface area contributed by atoms with Gasteiger partial charge in [0.25, 0.3) is 0 Å². The molecule has 0 bridgehead atoms. The summed E-state index contributed by atoms with van der Waals surface area (Å²) in [7, 11) is 0. The molecule has 1 aliphatic rings. The number of nitrogens with one attached hydrogen (secondary N) is 1. The SMILES string of the molecule is NC(=O)NC(=O)C1CCC1. The van der Waals surface area contributed by atoms with E-state index in [9.17, 15) is 9.59 Å². The predicted octanol–water partition coefficient (Wildman–Crippen LogP) is -0.0186. The Morgan fingerprint density at radius 3 is 2.30 bits per heavy atom. The van der Waals surface area contributed by atoms with Gasteiger partial charge in [-0.2, -0.15) is 0 Å². The van der Waals surface area contributed by atoms with Crippen LogP contribution in [0, 0.1) is 5.92 Å². The first-order valence-electron chi connectivity index (χ1n) is 3.30. The van der Waals surface area contributed by atoms with Gasteiger partial charge in [-0.25, -0.2) is 4.79 Å². The van der Waals surface area contributed by atoms with E-state index in [-0.39, 0.29) is 11.8 Å². The van der Waals surface area contributed by atoms with Crippen LogP contribution >= 0.6 is 0 Å².